The number of piperazine rings is 1. The SMILES string of the molecule is CC(=O)N1CCN(c2nc(NCC3CCC(CNS(=O)(=O)c4ccc(Cl)cc4)CC3)nc3ccccc23)CC1.O=C(O)C(F)(F)F. The molecule has 1 saturated carbocycles. The second-order valence-electron chi connectivity index (χ2n) is 11.3. The van der Waals surface area contributed by atoms with Gasteiger partial charge >= 0.3 is 12.1 Å². The van der Waals surface area contributed by atoms with Gasteiger partial charge in [-0.05, 0) is 73.9 Å². The zero-order chi connectivity index (χ0) is 33.5. The Morgan fingerprint density at radius 2 is 1.50 bits per heavy atom. The summed E-state index contributed by atoms with van der Waals surface area (Å²) in [4.78, 5) is 34.7. The average molecular weight is 685 g/mol. The molecule has 3 aromatic rings. The van der Waals surface area contributed by atoms with E-state index in [9.17, 15) is 26.4 Å². The van der Waals surface area contributed by atoms with E-state index in [1.165, 1.54) is 12.1 Å². The molecule has 0 unspecified atom stereocenters. The summed E-state index contributed by atoms with van der Waals surface area (Å²) in [5.41, 5.74) is 0.899. The maximum atomic E-state index is 12.6. The maximum absolute atomic E-state index is 12.6. The van der Waals surface area contributed by atoms with Crippen LogP contribution in [0, 0.1) is 11.8 Å². The topological polar surface area (TPSA) is 145 Å². The van der Waals surface area contributed by atoms with Gasteiger partial charge in [0.05, 0.1) is 10.4 Å². The standard InChI is InChI=1S/C28H35ClN6O3S.C2HF3O2/c1-20(36)34-14-16-35(17-15-34)27-25-4-2-3-5-26(25)32-28(33-27)30-18-21-6-8-22(9-7-21)19-31-39(37,38)24-12-10-23(29)11-13-24;3-2(4,5)1(6)7/h2-5,10-13,21-22,31H,6-9,14-19H2,1H3,(H,30,32,33);(H,6,7). The Labute approximate surface area is 270 Å². The number of hydrogen-bond acceptors (Lipinski definition) is 8. The third-order valence-electron chi connectivity index (χ3n) is 8.05. The van der Waals surface area contributed by atoms with Crippen molar-refractivity contribution in [3.8, 4) is 0 Å². The van der Waals surface area contributed by atoms with Crippen LogP contribution in [0.4, 0.5) is 24.9 Å². The van der Waals surface area contributed by atoms with Gasteiger partial charge in [0, 0.05) is 56.6 Å². The number of hydrogen-bond donors (Lipinski definition) is 3. The van der Waals surface area contributed by atoms with Gasteiger partial charge in [-0.25, -0.2) is 22.9 Å². The van der Waals surface area contributed by atoms with Gasteiger partial charge in [0.2, 0.25) is 21.9 Å². The first-order valence-corrected chi connectivity index (χ1v) is 16.7. The minimum atomic E-state index is -5.08. The quantitative estimate of drug-likeness (QED) is 0.305. The molecule has 1 aromatic heterocycles. The zero-order valence-electron chi connectivity index (χ0n) is 25.1. The molecular weight excluding hydrogens is 649 g/mol. The highest BCUT2D eigenvalue weighted by atomic mass is 35.5. The number of nitrogens with zero attached hydrogens (tertiary/aromatic N) is 4. The molecule has 1 aliphatic carbocycles. The molecule has 1 aliphatic heterocycles. The molecule has 16 heteroatoms. The first-order chi connectivity index (χ1) is 21.7. The highest BCUT2D eigenvalue weighted by molar-refractivity contribution is 7.89. The van der Waals surface area contributed by atoms with Crippen molar-refractivity contribution in [2.75, 3.05) is 49.5 Å². The number of carbonyl (C=O) groups excluding carboxylic acids is 1. The molecule has 0 atom stereocenters. The molecule has 5 rings (SSSR count). The van der Waals surface area contributed by atoms with Crippen LogP contribution >= 0.6 is 11.6 Å². The van der Waals surface area contributed by atoms with Crippen LogP contribution in [-0.2, 0) is 19.6 Å². The first kappa shape index (κ1) is 35.2. The van der Waals surface area contributed by atoms with Crippen molar-refractivity contribution in [1.29, 1.82) is 0 Å². The van der Waals surface area contributed by atoms with Crippen LogP contribution < -0.4 is 14.9 Å². The monoisotopic (exact) mass is 684 g/mol. The number of para-hydroxylation sites is 1. The van der Waals surface area contributed by atoms with Gasteiger partial charge < -0.3 is 20.2 Å². The second kappa shape index (κ2) is 15.3. The minimum absolute atomic E-state index is 0.109. The highest BCUT2D eigenvalue weighted by Gasteiger charge is 2.38. The van der Waals surface area contributed by atoms with Crippen molar-refractivity contribution >= 4 is 56.2 Å². The fourth-order valence-electron chi connectivity index (χ4n) is 5.41. The largest absolute Gasteiger partial charge is 0.490 e. The lowest BCUT2D eigenvalue weighted by atomic mass is 9.82. The third kappa shape index (κ3) is 9.66. The number of anilines is 2. The summed E-state index contributed by atoms with van der Waals surface area (Å²) >= 11 is 5.88. The molecule has 46 heavy (non-hydrogen) atoms. The number of nitrogens with one attached hydrogen (secondary N) is 2. The first-order valence-electron chi connectivity index (χ1n) is 14.8. The van der Waals surface area contributed by atoms with Crippen LogP contribution in [0.1, 0.15) is 32.6 Å². The molecule has 11 nitrogen and oxygen atoms in total. The molecule has 3 N–H and O–H groups in total. The van der Waals surface area contributed by atoms with Crippen molar-refractivity contribution < 1.29 is 36.3 Å². The van der Waals surface area contributed by atoms with Gasteiger partial charge in [0.1, 0.15) is 5.82 Å². The van der Waals surface area contributed by atoms with Gasteiger partial charge in [0.15, 0.2) is 0 Å². The number of fused-ring (bicyclic) bond motifs is 1. The van der Waals surface area contributed by atoms with E-state index in [2.05, 4.69) is 14.9 Å². The van der Waals surface area contributed by atoms with Crippen molar-refractivity contribution in [2.45, 2.75) is 43.7 Å². The van der Waals surface area contributed by atoms with Gasteiger partial charge in [-0.15, -0.1) is 0 Å². The normalized spacial score (nSPS) is 18.9. The lowest BCUT2D eigenvalue weighted by Crippen LogP contribution is -2.48. The Bertz CT molecular complexity index is 1610. The summed E-state index contributed by atoms with van der Waals surface area (Å²) in [6.07, 6.45) is -1.10. The van der Waals surface area contributed by atoms with E-state index in [1.807, 2.05) is 29.2 Å². The Morgan fingerprint density at radius 1 is 0.935 bits per heavy atom. The number of carboxylic acid groups (broad SMARTS) is 1. The Kier molecular flexibility index (Phi) is 11.7. The Balaban J connectivity index is 0.000000617. The van der Waals surface area contributed by atoms with Gasteiger partial charge in [-0.3, -0.25) is 4.79 Å². The molecule has 1 saturated heterocycles. The number of halogens is 4. The lowest BCUT2D eigenvalue weighted by molar-refractivity contribution is -0.192. The van der Waals surface area contributed by atoms with E-state index in [4.69, 9.17) is 31.5 Å². The molecule has 250 valence electrons. The number of sulfonamides is 1. The summed E-state index contributed by atoms with van der Waals surface area (Å²) in [6, 6.07) is 14.3. The summed E-state index contributed by atoms with van der Waals surface area (Å²) < 4.78 is 59.7. The zero-order valence-corrected chi connectivity index (χ0v) is 26.7. The molecule has 2 heterocycles. The maximum Gasteiger partial charge on any atom is 0.490 e. The number of benzene rings is 2. The number of aromatic nitrogens is 2. The number of alkyl halides is 3. The lowest BCUT2D eigenvalue weighted by Gasteiger charge is -2.35. The summed E-state index contributed by atoms with van der Waals surface area (Å²) in [5.74, 6) is -0.323. The van der Waals surface area contributed by atoms with Crippen molar-refractivity contribution in [1.82, 2.24) is 19.6 Å². The second-order valence-corrected chi connectivity index (χ2v) is 13.5. The van der Waals surface area contributed by atoms with Crippen LogP contribution in [0.15, 0.2) is 53.4 Å². The predicted molar refractivity (Wildman–Crippen MR) is 168 cm³/mol. The van der Waals surface area contributed by atoms with E-state index in [0.29, 0.717) is 42.4 Å². The number of carboxylic acids is 1. The van der Waals surface area contributed by atoms with Crippen LogP contribution in [0.3, 0.4) is 0 Å². The van der Waals surface area contributed by atoms with E-state index < -0.39 is 22.2 Å². The fraction of sp³-hybridized carbons (Fsp3) is 0.467. The summed E-state index contributed by atoms with van der Waals surface area (Å²) in [5, 5.41) is 12.1. The Hall–Kier alpha value is -3.69. The van der Waals surface area contributed by atoms with E-state index >= 15 is 0 Å². The molecule has 2 aliphatic rings. The number of amides is 1. The average Bonchev–Trinajstić information content (AvgIpc) is 3.03. The van der Waals surface area contributed by atoms with Crippen LogP contribution in [0.25, 0.3) is 10.9 Å². The summed E-state index contributed by atoms with van der Waals surface area (Å²) in [6.45, 7) is 5.70. The van der Waals surface area contributed by atoms with Crippen molar-refractivity contribution in [3.63, 3.8) is 0 Å². The van der Waals surface area contributed by atoms with Crippen LogP contribution in [0.2, 0.25) is 5.02 Å². The molecule has 2 fully saturated rings. The molecule has 0 spiro atoms. The van der Waals surface area contributed by atoms with Crippen molar-refractivity contribution in [3.05, 3.63) is 53.6 Å². The van der Waals surface area contributed by atoms with Gasteiger partial charge in [0.25, 0.3) is 0 Å². The molecule has 2 aromatic carbocycles. The number of carbonyl (C=O) groups is 2. The van der Waals surface area contributed by atoms with Crippen LogP contribution in [0.5, 0.6) is 0 Å². The van der Waals surface area contributed by atoms with Crippen LogP contribution in [-0.4, -0.2) is 85.7 Å². The predicted octanol–water partition coefficient (Wildman–Crippen LogP) is 4.78. The smallest absolute Gasteiger partial charge is 0.475 e. The van der Waals surface area contributed by atoms with E-state index in [-0.39, 0.29) is 10.8 Å². The molecular formula is C30H36ClF3N6O5S. The van der Waals surface area contributed by atoms with Crippen molar-refractivity contribution in [2.24, 2.45) is 11.8 Å². The van der Waals surface area contributed by atoms with E-state index in [0.717, 1.165) is 62.0 Å². The summed E-state index contributed by atoms with van der Waals surface area (Å²) in [7, 11) is -3.54. The fourth-order valence-corrected chi connectivity index (χ4v) is 6.66. The molecule has 1 amide bonds. The molecule has 0 radical (unpaired) electrons. The number of rotatable bonds is 8. The Morgan fingerprint density at radius 3 is 2.07 bits per heavy atom. The van der Waals surface area contributed by atoms with Gasteiger partial charge in [-0.2, -0.15) is 18.2 Å². The van der Waals surface area contributed by atoms with Gasteiger partial charge in [-0.1, -0.05) is 23.7 Å². The highest BCUT2D eigenvalue weighted by Crippen LogP contribution is 2.30. The number of aliphatic carboxylic acids is 1. The minimum Gasteiger partial charge on any atom is -0.475 e. The molecule has 0 bridgehead atoms. The third-order valence-corrected chi connectivity index (χ3v) is 9.74. The van der Waals surface area contributed by atoms with E-state index in [1.54, 1.807) is 19.1 Å².